The van der Waals surface area contributed by atoms with Crippen LogP contribution in [0.3, 0.4) is 0 Å². The van der Waals surface area contributed by atoms with Gasteiger partial charge in [0, 0.05) is 22.9 Å². The smallest absolute Gasteiger partial charge is 0.224 e. The van der Waals surface area contributed by atoms with Gasteiger partial charge >= 0.3 is 0 Å². The maximum atomic E-state index is 12.1. The molecule has 5 heteroatoms. The van der Waals surface area contributed by atoms with E-state index < -0.39 is 0 Å². The molecular weight excluding hydrogens is 358 g/mol. The van der Waals surface area contributed by atoms with Crippen molar-refractivity contribution in [1.82, 2.24) is 0 Å². The molecule has 0 saturated carbocycles. The van der Waals surface area contributed by atoms with Gasteiger partial charge in [0.1, 0.15) is 5.75 Å². The topological polar surface area (TPSA) is 55.4 Å². The number of ketones is 1. The molecule has 0 radical (unpaired) electrons. The zero-order chi connectivity index (χ0) is 16.8. The van der Waals surface area contributed by atoms with Crippen LogP contribution < -0.4 is 10.1 Å². The molecule has 23 heavy (non-hydrogen) atoms. The molecule has 0 fully saturated rings. The van der Waals surface area contributed by atoms with Gasteiger partial charge < -0.3 is 10.1 Å². The molecule has 2 aromatic carbocycles. The zero-order valence-corrected chi connectivity index (χ0v) is 14.6. The number of Topliss-reactive ketones (excluding diaryl/α,β-unsaturated/α-hetero) is 1. The summed E-state index contributed by atoms with van der Waals surface area (Å²) >= 11 is 3.33. The molecule has 0 aromatic heterocycles. The van der Waals surface area contributed by atoms with Crippen LogP contribution in [-0.2, 0) is 4.79 Å². The van der Waals surface area contributed by atoms with Crippen molar-refractivity contribution in [3.05, 3.63) is 58.1 Å². The second-order valence-electron chi connectivity index (χ2n) is 5.18. The quantitative estimate of drug-likeness (QED) is 0.762. The minimum atomic E-state index is -0.209. The fourth-order valence-corrected chi connectivity index (χ4v) is 2.40. The van der Waals surface area contributed by atoms with Gasteiger partial charge in [-0.15, -0.1) is 0 Å². The molecule has 1 amide bonds. The van der Waals surface area contributed by atoms with E-state index in [-0.39, 0.29) is 24.5 Å². The number of ether oxygens (including phenoxy) is 1. The fraction of sp³-hybridized carbons (Fsp3) is 0.222. The number of methoxy groups -OCH3 is 1. The maximum absolute atomic E-state index is 12.1. The molecule has 4 nitrogen and oxygen atoms in total. The summed E-state index contributed by atoms with van der Waals surface area (Å²) < 4.78 is 6.14. The number of hydrogen-bond acceptors (Lipinski definition) is 3. The fourth-order valence-electron chi connectivity index (χ4n) is 2.14. The van der Waals surface area contributed by atoms with E-state index >= 15 is 0 Å². The Morgan fingerprint density at radius 2 is 1.78 bits per heavy atom. The normalized spacial score (nSPS) is 10.2. The van der Waals surface area contributed by atoms with E-state index in [1.54, 1.807) is 25.3 Å². The highest BCUT2D eigenvalue weighted by molar-refractivity contribution is 9.10. The SMILES string of the molecule is COc1ccc(C)cc1NC(=O)CCC(=O)c1ccc(Br)cc1. The first-order valence-electron chi connectivity index (χ1n) is 7.23. The number of nitrogens with one attached hydrogen (secondary N) is 1. The van der Waals surface area contributed by atoms with E-state index in [9.17, 15) is 9.59 Å². The van der Waals surface area contributed by atoms with Crippen LogP contribution in [0.1, 0.15) is 28.8 Å². The Kier molecular flexibility index (Phi) is 5.93. The van der Waals surface area contributed by atoms with E-state index in [0.717, 1.165) is 10.0 Å². The summed E-state index contributed by atoms with van der Waals surface area (Å²) in [5.74, 6) is 0.339. The van der Waals surface area contributed by atoms with Crippen LogP contribution in [0.2, 0.25) is 0 Å². The summed E-state index contributed by atoms with van der Waals surface area (Å²) in [6.45, 7) is 1.94. The van der Waals surface area contributed by atoms with Gasteiger partial charge in [0.2, 0.25) is 5.91 Å². The number of benzene rings is 2. The molecular formula is C18H18BrNO3. The molecule has 0 bridgehead atoms. The predicted octanol–water partition coefficient (Wildman–Crippen LogP) is 4.37. The van der Waals surface area contributed by atoms with Crippen molar-refractivity contribution in [2.45, 2.75) is 19.8 Å². The number of carbonyl (C=O) groups is 2. The van der Waals surface area contributed by atoms with E-state index in [1.165, 1.54) is 0 Å². The Balaban J connectivity index is 1.94. The van der Waals surface area contributed by atoms with Crippen LogP contribution in [0, 0.1) is 6.92 Å². The molecule has 0 atom stereocenters. The lowest BCUT2D eigenvalue weighted by Gasteiger charge is -2.11. The first-order chi connectivity index (χ1) is 11.0. The van der Waals surface area contributed by atoms with Gasteiger partial charge in [-0.2, -0.15) is 0 Å². The van der Waals surface area contributed by atoms with Crippen molar-refractivity contribution in [2.75, 3.05) is 12.4 Å². The van der Waals surface area contributed by atoms with E-state index in [1.807, 2.05) is 31.2 Å². The number of amides is 1. The number of carbonyl (C=O) groups excluding carboxylic acids is 2. The summed E-state index contributed by atoms with van der Waals surface area (Å²) in [4.78, 5) is 24.1. The monoisotopic (exact) mass is 375 g/mol. The van der Waals surface area contributed by atoms with Gasteiger partial charge in [0.05, 0.1) is 12.8 Å². The molecule has 0 heterocycles. The number of anilines is 1. The second kappa shape index (κ2) is 7.92. The highest BCUT2D eigenvalue weighted by Gasteiger charge is 2.11. The van der Waals surface area contributed by atoms with Gasteiger partial charge in [-0.05, 0) is 36.8 Å². The Morgan fingerprint density at radius 3 is 2.43 bits per heavy atom. The summed E-state index contributed by atoms with van der Waals surface area (Å²) in [6, 6.07) is 12.7. The lowest BCUT2D eigenvalue weighted by Crippen LogP contribution is -2.14. The number of aryl methyl sites for hydroxylation is 1. The number of halogens is 1. The number of rotatable bonds is 6. The molecule has 0 aliphatic heterocycles. The highest BCUT2D eigenvalue weighted by atomic mass is 79.9. The molecule has 0 aliphatic rings. The maximum Gasteiger partial charge on any atom is 0.224 e. The average Bonchev–Trinajstić information content (AvgIpc) is 2.53. The van der Waals surface area contributed by atoms with E-state index in [0.29, 0.717) is 17.0 Å². The summed E-state index contributed by atoms with van der Waals surface area (Å²) in [6.07, 6.45) is 0.299. The third-order valence-corrected chi connectivity index (χ3v) is 3.90. The molecule has 1 N–H and O–H groups in total. The van der Waals surface area contributed by atoms with Crippen LogP contribution in [0.5, 0.6) is 5.75 Å². The molecule has 0 unspecified atom stereocenters. The largest absolute Gasteiger partial charge is 0.495 e. The lowest BCUT2D eigenvalue weighted by atomic mass is 10.1. The second-order valence-corrected chi connectivity index (χ2v) is 6.10. The summed E-state index contributed by atoms with van der Waals surface area (Å²) in [5, 5.41) is 2.79. The minimum absolute atomic E-state index is 0.0520. The van der Waals surface area contributed by atoms with Crippen LogP contribution in [0.25, 0.3) is 0 Å². The van der Waals surface area contributed by atoms with Crippen LogP contribution in [0.4, 0.5) is 5.69 Å². The van der Waals surface area contributed by atoms with Crippen molar-refractivity contribution in [2.24, 2.45) is 0 Å². The minimum Gasteiger partial charge on any atom is -0.495 e. The molecule has 120 valence electrons. The molecule has 0 saturated heterocycles. The third kappa shape index (κ3) is 4.93. The van der Waals surface area contributed by atoms with Crippen molar-refractivity contribution in [1.29, 1.82) is 0 Å². The first kappa shape index (κ1) is 17.2. The average molecular weight is 376 g/mol. The van der Waals surface area contributed by atoms with Gasteiger partial charge in [0.15, 0.2) is 5.78 Å². The van der Waals surface area contributed by atoms with E-state index in [4.69, 9.17) is 4.74 Å². The Hall–Kier alpha value is -2.14. The van der Waals surface area contributed by atoms with Crippen molar-refractivity contribution in [3.63, 3.8) is 0 Å². The van der Waals surface area contributed by atoms with Crippen LogP contribution in [-0.4, -0.2) is 18.8 Å². The van der Waals surface area contributed by atoms with Crippen LogP contribution >= 0.6 is 15.9 Å². The molecule has 0 spiro atoms. The van der Waals surface area contributed by atoms with Crippen molar-refractivity contribution < 1.29 is 14.3 Å². The molecule has 2 aromatic rings. The highest BCUT2D eigenvalue weighted by Crippen LogP contribution is 2.25. The molecule has 0 aliphatic carbocycles. The predicted molar refractivity (Wildman–Crippen MR) is 94.1 cm³/mol. The van der Waals surface area contributed by atoms with Gasteiger partial charge in [-0.3, -0.25) is 9.59 Å². The summed E-state index contributed by atoms with van der Waals surface area (Å²) in [5.41, 5.74) is 2.25. The Morgan fingerprint density at radius 1 is 1.09 bits per heavy atom. The number of hydrogen-bond donors (Lipinski definition) is 1. The van der Waals surface area contributed by atoms with Crippen molar-refractivity contribution in [3.8, 4) is 5.75 Å². The zero-order valence-electron chi connectivity index (χ0n) is 13.1. The Bertz CT molecular complexity index is 711. The lowest BCUT2D eigenvalue weighted by molar-refractivity contribution is -0.116. The van der Waals surface area contributed by atoms with Gasteiger partial charge in [-0.1, -0.05) is 34.1 Å². The van der Waals surface area contributed by atoms with E-state index in [2.05, 4.69) is 21.2 Å². The van der Waals surface area contributed by atoms with Crippen molar-refractivity contribution >= 4 is 33.3 Å². The Labute approximate surface area is 144 Å². The van der Waals surface area contributed by atoms with Gasteiger partial charge in [0.25, 0.3) is 0 Å². The van der Waals surface area contributed by atoms with Gasteiger partial charge in [-0.25, -0.2) is 0 Å². The van der Waals surface area contributed by atoms with Crippen LogP contribution in [0.15, 0.2) is 46.9 Å². The molecule has 2 rings (SSSR count). The third-order valence-electron chi connectivity index (χ3n) is 3.37. The standard InChI is InChI=1S/C18H18BrNO3/c1-12-3-9-17(23-2)15(11-12)20-18(22)10-8-16(21)13-4-6-14(19)7-5-13/h3-7,9,11H,8,10H2,1-2H3,(H,20,22). The summed E-state index contributed by atoms with van der Waals surface area (Å²) in [7, 11) is 1.55. The first-order valence-corrected chi connectivity index (χ1v) is 8.02.